The second-order valence-electron chi connectivity index (χ2n) is 7.54. The molecule has 25 heavy (non-hydrogen) atoms. The number of carbonyl (C=O) groups excluding carboxylic acids is 1. The van der Waals surface area contributed by atoms with Gasteiger partial charge in [0.05, 0.1) is 0 Å². The van der Waals surface area contributed by atoms with Crippen LogP contribution in [0.15, 0.2) is 34.9 Å². The van der Waals surface area contributed by atoms with Crippen LogP contribution in [-0.2, 0) is 4.74 Å². The van der Waals surface area contributed by atoms with E-state index in [2.05, 4.69) is 45.2 Å². The fraction of sp³-hybridized carbons (Fsp3) is 0.682. The van der Waals surface area contributed by atoms with E-state index in [-0.39, 0.29) is 6.09 Å². The monoisotopic (exact) mass is 347 g/mol. The van der Waals surface area contributed by atoms with E-state index in [4.69, 9.17) is 4.74 Å². The molecule has 0 atom stereocenters. The third kappa shape index (κ3) is 11.6. The lowest BCUT2D eigenvalue weighted by Gasteiger charge is -2.22. The summed E-state index contributed by atoms with van der Waals surface area (Å²) in [5.74, 6) is 0. The molecule has 1 fully saturated rings. The molecule has 0 unspecified atom stereocenters. The van der Waals surface area contributed by atoms with Crippen LogP contribution >= 0.6 is 0 Å². The van der Waals surface area contributed by atoms with Crippen LogP contribution in [0, 0.1) is 0 Å². The number of alkyl carbamates (subject to hydrolysis) is 1. The second kappa shape index (κ2) is 12.8. The van der Waals surface area contributed by atoms with Crippen molar-refractivity contribution in [1.82, 2.24) is 5.32 Å². The van der Waals surface area contributed by atoms with Crippen molar-refractivity contribution in [3.05, 3.63) is 34.9 Å². The topological polar surface area (TPSA) is 38.3 Å². The summed E-state index contributed by atoms with van der Waals surface area (Å²) in [5, 5.41) is 2.97. The van der Waals surface area contributed by atoms with Gasteiger partial charge in [-0.05, 0) is 72.3 Å². The highest BCUT2D eigenvalue weighted by Crippen LogP contribution is 2.17. The Bertz CT molecular complexity index is 478. The van der Waals surface area contributed by atoms with Crippen LogP contribution in [0.3, 0.4) is 0 Å². The summed E-state index contributed by atoms with van der Waals surface area (Å²) in [4.78, 5) is 11.8. The minimum atomic E-state index is -0.272. The van der Waals surface area contributed by atoms with E-state index in [0.717, 1.165) is 38.5 Å². The van der Waals surface area contributed by atoms with E-state index in [1.54, 1.807) is 0 Å². The lowest BCUT2D eigenvalue weighted by atomic mass is 9.96. The second-order valence-corrected chi connectivity index (χ2v) is 7.54. The summed E-state index contributed by atoms with van der Waals surface area (Å²) >= 11 is 0. The number of ether oxygens (including phenoxy) is 1. The molecule has 0 saturated heterocycles. The zero-order valence-corrected chi connectivity index (χ0v) is 16.7. The van der Waals surface area contributed by atoms with Gasteiger partial charge in [0.1, 0.15) is 6.61 Å². The van der Waals surface area contributed by atoms with Crippen molar-refractivity contribution in [1.29, 1.82) is 0 Å². The first-order chi connectivity index (χ1) is 12.0. The maximum absolute atomic E-state index is 11.8. The average molecular weight is 348 g/mol. The molecule has 0 heterocycles. The van der Waals surface area contributed by atoms with Gasteiger partial charge in [0.25, 0.3) is 0 Å². The smallest absolute Gasteiger partial charge is 0.407 e. The molecule has 1 aliphatic rings. The molecule has 0 bridgehead atoms. The molecule has 0 aromatic carbocycles. The fourth-order valence-electron chi connectivity index (χ4n) is 3.05. The van der Waals surface area contributed by atoms with Gasteiger partial charge < -0.3 is 10.1 Å². The molecule has 0 aromatic heterocycles. The molecule has 3 heteroatoms. The molecule has 142 valence electrons. The van der Waals surface area contributed by atoms with Gasteiger partial charge in [-0.15, -0.1) is 0 Å². The molecule has 0 aliphatic heterocycles. The molecule has 0 radical (unpaired) electrons. The van der Waals surface area contributed by atoms with Crippen LogP contribution < -0.4 is 5.32 Å². The Labute approximate surface area is 154 Å². The molecule has 1 rings (SSSR count). The van der Waals surface area contributed by atoms with E-state index in [1.807, 2.05) is 6.08 Å². The normalized spacial score (nSPS) is 16.5. The van der Waals surface area contributed by atoms with Crippen LogP contribution in [-0.4, -0.2) is 18.7 Å². The minimum absolute atomic E-state index is 0.272. The minimum Gasteiger partial charge on any atom is -0.445 e. The maximum atomic E-state index is 11.8. The number of hydrogen-bond acceptors (Lipinski definition) is 2. The average Bonchev–Trinajstić information content (AvgIpc) is 2.55. The molecule has 1 saturated carbocycles. The van der Waals surface area contributed by atoms with E-state index in [9.17, 15) is 4.79 Å². The summed E-state index contributed by atoms with van der Waals surface area (Å²) in [6.45, 7) is 8.97. The first kappa shape index (κ1) is 21.5. The highest BCUT2D eigenvalue weighted by atomic mass is 16.5. The summed E-state index contributed by atoms with van der Waals surface area (Å²) in [6, 6.07) is 0.311. The predicted molar refractivity (Wildman–Crippen MR) is 107 cm³/mol. The lowest BCUT2D eigenvalue weighted by molar-refractivity contribution is 0.150. The van der Waals surface area contributed by atoms with Crippen LogP contribution in [0.25, 0.3) is 0 Å². The number of hydrogen-bond donors (Lipinski definition) is 1. The van der Waals surface area contributed by atoms with Gasteiger partial charge in [-0.3, -0.25) is 0 Å². The standard InChI is InChI=1S/C22H37NO2/c1-18(2)10-8-11-19(3)12-9-13-20(4)16-17-25-22(24)23-21-14-6-5-7-15-21/h10,12,16,21H,5-9,11,13-15,17H2,1-4H3,(H,23,24)/b19-12+,20-16+. The van der Waals surface area contributed by atoms with Gasteiger partial charge in [0.2, 0.25) is 0 Å². The molecule has 0 spiro atoms. The first-order valence-corrected chi connectivity index (χ1v) is 9.85. The number of allylic oxidation sites excluding steroid dienone is 5. The van der Waals surface area contributed by atoms with Crippen LogP contribution in [0.5, 0.6) is 0 Å². The van der Waals surface area contributed by atoms with E-state index >= 15 is 0 Å². The summed E-state index contributed by atoms with van der Waals surface area (Å²) in [7, 11) is 0. The SMILES string of the molecule is CC(C)=CCC/C(C)=C/CC/C(C)=C/COC(=O)NC1CCCCC1. The van der Waals surface area contributed by atoms with Gasteiger partial charge in [0, 0.05) is 6.04 Å². The van der Waals surface area contributed by atoms with Crippen molar-refractivity contribution in [3.8, 4) is 0 Å². The zero-order valence-electron chi connectivity index (χ0n) is 16.7. The van der Waals surface area contributed by atoms with Crippen molar-refractivity contribution in [2.45, 2.75) is 91.5 Å². The summed E-state index contributed by atoms with van der Waals surface area (Å²) < 4.78 is 5.27. The van der Waals surface area contributed by atoms with Gasteiger partial charge >= 0.3 is 6.09 Å². The van der Waals surface area contributed by atoms with E-state index in [0.29, 0.717) is 12.6 Å². The van der Waals surface area contributed by atoms with Crippen LogP contribution in [0.2, 0.25) is 0 Å². The molecule has 1 N–H and O–H groups in total. The number of carbonyl (C=O) groups is 1. The predicted octanol–water partition coefficient (Wildman–Crippen LogP) is 6.46. The lowest BCUT2D eigenvalue weighted by Crippen LogP contribution is -2.36. The third-order valence-electron chi connectivity index (χ3n) is 4.70. The van der Waals surface area contributed by atoms with Gasteiger partial charge in [-0.2, -0.15) is 0 Å². The fourth-order valence-corrected chi connectivity index (χ4v) is 3.05. The number of amides is 1. The first-order valence-electron chi connectivity index (χ1n) is 9.85. The summed E-state index contributed by atoms with van der Waals surface area (Å²) in [5.41, 5.74) is 4.12. The molecule has 0 aromatic rings. The molecular formula is C22H37NO2. The van der Waals surface area contributed by atoms with E-state index < -0.39 is 0 Å². The van der Waals surface area contributed by atoms with Crippen molar-refractivity contribution >= 4 is 6.09 Å². The van der Waals surface area contributed by atoms with Gasteiger partial charge in [-0.1, -0.05) is 48.1 Å². The Morgan fingerprint density at radius 2 is 1.52 bits per heavy atom. The Morgan fingerprint density at radius 3 is 2.16 bits per heavy atom. The van der Waals surface area contributed by atoms with Gasteiger partial charge in [-0.25, -0.2) is 4.79 Å². The maximum Gasteiger partial charge on any atom is 0.407 e. The highest BCUT2D eigenvalue weighted by Gasteiger charge is 2.15. The Morgan fingerprint density at radius 1 is 0.920 bits per heavy atom. The largest absolute Gasteiger partial charge is 0.445 e. The third-order valence-corrected chi connectivity index (χ3v) is 4.70. The van der Waals surface area contributed by atoms with Crippen LogP contribution in [0.1, 0.15) is 85.5 Å². The number of rotatable bonds is 9. The van der Waals surface area contributed by atoms with E-state index in [1.165, 1.54) is 36.0 Å². The molecule has 3 nitrogen and oxygen atoms in total. The zero-order chi connectivity index (χ0) is 18.5. The van der Waals surface area contributed by atoms with Crippen molar-refractivity contribution in [3.63, 3.8) is 0 Å². The van der Waals surface area contributed by atoms with Crippen molar-refractivity contribution in [2.75, 3.05) is 6.61 Å². The molecule has 1 aliphatic carbocycles. The Kier molecular flexibility index (Phi) is 11.0. The van der Waals surface area contributed by atoms with Crippen molar-refractivity contribution in [2.24, 2.45) is 0 Å². The molecular weight excluding hydrogens is 310 g/mol. The highest BCUT2D eigenvalue weighted by molar-refractivity contribution is 5.67. The van der Waals surface area contributed by atoms with Crippen molar-refractivity contribution < 1.29 is 9.53 Å². The quantitative estimate of drug-likeness (QED) is 0.486. The Hall–Kier alpha value is -1.51. The Balaban J connectivity index is 2.15. The summed E-state index contributed by atoms with van der Waals surface area (Å²) in [6.07, 6.45) is 16.6. The molecule has 1 amide bonds. The van der Waals surface area contributed by atoms with Gasteiger partial charge in [0.15, 0.2) is 0 Å². The van der Waals surface area contributed by atoms with Crippen LogP contribution in [0.4, 0.5) is 4.79 Å². The number of nitrogens with one attached hydrogen (secondary N) is 1.